The van der Waals surface area contributed by atoms with Crippen LogP contribution >= 0.6 is 0 Å². The van der Waals surface area contributed by atoms with Gasteiger partial charge in [-0.3, -0.25) is 4.79 Å². The van der Waals surface area contributed by atoms with Crippen molar-refractivity contribution in [2.24, 2.45) is 0 Å². The lowest BCUT2D eigenvalue weighted by molar-refractivity contribution is -0.274. The Labute approximate surface area is 163 Å². The van der Waals surface area contributed by atoms with E-state index in [0.29, 0.717) is 23.1 Å². The maximum atomic E-state index is 12.2. The molecule has 0 saturated heterocycles. The fourth-order valence-electron chi connectivity index (χ4n) is 2.85. The number of amides is 1. The van der Waals surface area contributed by atoms with Crippen LogP contribution in [0, 0.1) is 0 Å². The topological polar surface area (TPSA) is 81.9 Å². The van der Waals surface area contributed by atoms with Gasteiger partial charge in [-0.25, -0.2) is 4.68 Å². The summed E-state index contributed by atoms with van der Waals surface area (Å²) in [5, 5.41) is 14.6. The Hall–Kier alpha value is -3.43. The van der Waals surface area contributed by atoms with Crippen molar-refractivity contribution >= 4 is 11.6 Å². The highest BCUT2D eigenvalue weighted by Crippen LogP contribution is 2.36. The zero-order valence-corrected chi connectivity index (χ0v) is 15.1. The number of ether oxygens (including phenoxy) is 1. The molecule has 0 radical (unpaired) electrons. The molecule has 0 bridgehead atoms. The van der Waals surface area contributed by atoms with E-state index < -0.39 is 6.36 Å². The molecule has 1 saturated carbocycles. The highest BCUT2D eigenvalue weighted by Gasteiger charge is 2.31. The largest absolute Gasteiger partial charge is 0.573 e. The van der Waals surface area contributed by atoms with Crippen molar-refractivity contribution in [1.29, 1.82) is 0 Å². The van der Waals surface area contributed by atoms with Gasteiger partial charge in [0.25, 0.3) is 0 Å². The lowest BCUT2D eigenvalue weighted by atomic mass is 10.1. The van der Waals surface area contributed by atoms with Crippen LogP contribution in [0.4, 0.5) is 18.9 Å². The number of rotatable bonds is 6. The van der Waals surface area contributed by atoms with E-state index in [2.05, 4.69) is 25.6 Å². The lowest BCUT2D eigenvalue weighted by Gasteiger charge is -2.10. The molecular formula is C19H16F3N5O2. The molecule has 1 aliphatic rings. The van der Waals surface area contributed by atoms with Crippen LogP contribution in [0.1, 0.15) is 24.4 Å². The van der Waals surface area contributed by atoms with Gasteiger partial charge in [-0.1, -0.05) is 12.1 Å². The van der Waals surface area contributed by atoms with Gasteiger partial charge >= 0.3 is 6.36 Å². The molecule has 29 heavy (non-hydrogen) atoms. The smallest absolute Gasteiger partial charge is 0.406 e. The lowest BCUT2D eigenvalue weighted by Crippen LogP contribution is -2.17. The first kappa shape index (κ1) is 18.9. The number of carbonyl (C=O) groups excluding carboxylic acids is 1. The fourth-order valence-corrected chi connectivity index (χ4v) is 2.85. The molecule has 1 amide bonds. The Balaban J connectivity index is 1.35. The SMILES string of the molecule is O=C(Cc1ccc(OC(F)(F)F)cc1)Nc1ccc(-c2nnnn2C2CC2)cc1. The average molecular weight is 403 g/mol. The molecule has 3 aromatic rings. The highest BCUT2D eigenvalue weighted by molar-refractivity contribution is 5.92. The van der Waals surface area contributed by atoms with Crippen LogP contribution in [0.15, 0.2) is 48.5 Å². The molecule has 1 heterocycles. The van der Waals surface area contributed by atoms with Gasteiger partial charge in [0.2, 0.25) is 5.91 Å². The molecule has 10 heteroatoms. The van der Waals surface area contributed by atoms with Gasteiger partial charge < -0.3 is 10.1 Å². The first-order chi connectivity index (χ1) is 13.9. The summed E-state index contributed by atoms with van der Waals surface area (Å²) >= 11 is 0. The normalized spacial score (nSPS) is 13.9. The summed E-state index contributed by atoms with van der Waals surface area (Å²) in [7, 11) is 0. The highest BCUT2D eigenvalue weighted by atomic mass is 19.4. The molecule has 0 aliphatic heterocycles. The van der Waals surface area contributed by atoms with Gasteiger partial charge in [0.05, 0.1) is 12.5 Å². The number of hydrogen-bond acceptors (Lipinski definition) is 5. The molecule has 7 nitrogen and oxygen atoms in total. The predicted molar refractivity (Wildman–Crippen MR) is 97.0 cm³/mol. The van der Waals surface area contributed by atoms with E-state index >= 15 is 0 Å². The Morgan fingerprint density at radius 1 is 1.10 bits per heavy atom. The third kappa shape index (κ3) is 4.89. The van der Waals surface area contributed by atoms with E-state index in [9.17, 15) is 18.0 Å². The maximum Gasteiger partial charge on any atom is 0.573 e. The Kier molecular flexibility index (Phi) is 4.91. The standard InChI is InChI=1S/C19H16F3N5O2/c20-19(21,22)29-16-9-1-12(2-10-16)11-17(28)23-14-5-3-13(4-6-14)18-24-25-26-27(18)15-7-8-15/h1-6,9-10,15H,7-8,11H2,(H,23,28). The molecule has 1 aromatic heterocycles. The zero-order valence-electron chi connectivity index (χ0n) is 15.1. The second-order valence-corrected chi connectivity index (χ2v) is 6.67. The Morgan fingerprint density at radius 2 is 1.79 bits per heavy atom. The monoisotopic (exact) mass is 403 g/mol. The minimum Gasteiger partial charge on any atom is -0.406 e. The molecule has 0 spiro atoms. The first-order valence-electron chi connectivity index (χ1n) is 8.90. The van der Waals surface area contributed by atoms with Gasteiger partial charge in [-0.2, -0.15) is 0 Å². The number of benzene rings is 2. The van der Waals surface area contributed by atoms with Crippen molar-refractivity contribution in [1.82, 2.24) is 20.2 Å². The van der Waals surface area contributed by atoms with Crippen molar-refractivity contribution in [2.75, 3.05) is 5.32 Å². The quantitative estimate of drug-likeness (QED) is 0.678. The van der Waals surface area contributed by atoms with Crippen LogP contribution < -0.4 is 10.1 Å². The van der Waals surface area contributed by atoms with Crippen LogP contribution in [-0.2, 0) is 11.2 Å². The van der Waals surface area contributed by atoms with Gasteiger partial charge in [0, 0.05) is 11.3 Å². The maximum absolute atomic E-state index is 12.2. The summed E-state index contributed by atoms with van der Waals surface area (Å²) in [4.78, 5) is 12.2. The molecular weight excluding hydrogens is 387 g/mol. The summed E-state index contributed by atoms with van der Waals surface area (Å²) in [6.07, 6.45) is -2.59. The third-order valence-corrected chi connectivity index (χ3v) is 4.33. The van der Waals surface area contributed by atoms with Crippen LogP contribution in [-0.4, -0.2) is 32.5 Å². The number of alkyl halides is 3. The van der Waals surface area contributed by atoms with Gasteiger partial charge in [-0.05, 0) is 65.2 Å². The minimum absolute atomic E-state index is 0.0218. The average Bonchev–Trinajstić information content (AvgIpc) is 3.39. The fraction of sp³-hybridized carbons (Fsp3) is 0.263. The second kappa shape index (κ2) is 7.53. The molecule has 150 valence electrons. The van der Waals surface area contributed by atoms with Crippen molar-refractivity contribution in [2.45, 2.75) is 31.7 Å². The zero-order chi connectivity index (χ0) is 20.4. The number of nitrogens with one attached hydrogen (secondary N) is 1. The van der Waals surface area contributed by atoms with E-state index in [1.54, 1.807) is 16.8 Å². The molecule has 1 aliphatic carbocycles. The van der Waals surface area contributed by atoms with Crippen LogP contribution in [0.5, 0.6) is 5.75 Å². The summed E-state index contributed by atoms with van der Waals surface area (Å²) in [6, 6.07) is 12.7. The van der Waals surface area contributed by atoms with E-state index in [4.69, 9.17) is 0 Å². The van der Waals surface area contributed by atoms with Crippen molar-refractivity contribution in [3.63, 3.8) is 0 Å². The number of hydrogen-bond donors (Lipinski definition) is 1. The van der Waals surface area contributed by atoms with Gasteiger partial charge in [-0.15, -0.1) is 18.3 Å². The Bertz CT molecular complexity index is 996. The third-order valence-electron chi connectivity index (χ3n) is 4.33. The first-order valence-corrected chi connectivity index (χ1v) is 8.90. The van der Waals surface area contributed by atoms with Gasteiger partial charge in [0.1, 0.15) is 5.75 Å². The van der Waals surface area contributed by atoms with Crippen LogP contribution in [0.3, 0.4) is 0 Å². The minimum atomic E-state index is -4.74. The van der Waals surface area contributed by atoms with E-state index in [1.165, 1.54) is 24.3 Å². The van der Waals surface area contributed by atoms with Crippen molar-refractivity contribution in [3.8, 4) is 17.1 Å². The van der Waals surface area contributed by atoms with Crippen molar-refractivity contribution < 1.29 is 22.7 Å². The molecule has 4 rings (SSSR count). The molecule has 1 fully saturated rings. The van der Waals surface area contributed by atoms with Crippen molar-refractivity contribution in [3.05, 3.63) is 54.1 Å². The van der Waals surface area contributed by atoms with E-state index in [-0.39, 0.29) is 18.1 Å². The summed E-state index contributed by atoms with van der Waals surface area (Å²) < 4.78 is 42.2. The molecule has 1 N–H and O–H groups in total. The van der Waals surface area contributed by atoms with Crippen LogP contribution in [0.25, 0.3) is 11.4 Å². The number of anilines is 1. The summed E-state index contributed by atoms with van der Waals surface area (Å²) in [6.45, 7) is 0. The summed E-state index contributed by atoms with van der Waals surface area (Å²) in [5.74, 6) is 0.0716. The van der Waals surface area contributed by atoms with E-state index in [0.717, 1.165) is 18.4 Å². The summed E-state index contributed by atoms with van der Waals surface area (Å²) in [5.41, 5.74) is 2.01. The Morgan fingerprint density at radius 3 is 2.41 bits per heavy atom. The van der Waals surface area contributed by atoms with E-state index in [1.807, 2.05) is 12.1 Å². The predicted octanol–water partition coefficient (Wildman–Crippen LogP) is 3.75. The van der Waals surface area contributed by atoms with Gasteiger partial charge in [0.15, 0.2) is 5.82 Å². The number of tetrazole rings is 1. The number of carbonyl (C=O) groups is 1. The molecule has 2 aromatic carbocycles. The number of nitrogens with zero attached hydrogens (tertiary/aromatic N) is 4. The molecule has 0 unspecified atom stereocenters. The number of aromatic nitrogens is 4. The molecule has 0 atom stereocenters. The number of halogens is 3. The second-order valence-electron chi connectivity index (χ2n) is 6.67. The van der Waals surface area contributed by atoms with Crippen LogP contribution in [0.2, 0.25) is 0 Å².